The van der Waals surface area contributed by atoms with Crippen LogP contribution in [0.1, 0.15) is 39.6 Å². The number of likely N-dealkylation sites (N-methyl/N-ethyl adjacent to an activating group) is 1. The standard InChI is InChI=1S/C24H26F3N5O3S/c1-14-9-28-22(36-14)17-6-16(7-20(8-17)35-13-19-12-34-5-4-32(19)3)21(33)31-15(2)18-10-29-23(30-11-18)24(25,26)27/h6-11,15,19H,4-5,12-13H2,1-3H3,(H,31,33)/t15?,19-/m0/s1. The molecule has 1 amide bonds. The van der Waals surface area contributed by atoms with Gasteiger partial charge in [-0.1, -0.05) is 0 Å². The van der Waals surface area contributed by atoms with Crippen LogP contribution in [-0.2, 0) is 10.9 Å². The first kappa shape index (κ1) is 26.0. The van der Waals surface area contributed by atoms with Crippen LogP contribution in [0, 0.1) is 6.92 Å². The Balaban J connectivity index is 1.53. The first-order valence-electron chi connectivity index (χ1n) is 11.3. The Morgan fingerprint density at radius 1 is 1.25 bits per heavy atom. The average Bonchev–Trinajstić information content (AvgIpc) is 3.29. The number of nitrogens with one attached hydrogen (secondary N) is 1. The highest BCUT2D eigenvalue weighted by atomic mass is 32.1. The van der Waals surface area contributed by atoms with Crippen LogP contribution in [0.2, 0.25) is 0 Å². The lowest BCUT2D eigenvalue weighted by Crippen LogP contribution is -2.46. The van der Waals surface area contributed by atoms with Gasteiger partial charge in [-0.25, -0.2) is 15.0 Å². The summed E-state index contributed by atoms with van der Waals surface area (Å²) in [6.07, 6.45) is -0.747. The Morgan fingerprint density at radius 2 is 2.00 bits per heavy atom. The van der Waals surface area contributed by atoms with Gasteiger partial charge >= 0.3 is 6.18 Å². The molecule has 8 nitrogen and oxygen atoms in total. The van der Waals surface area contributed by atoms with E-state index in [1.807, 2.05) is 20.0 Å². The van der Waals surface area contributed by atoms with Crippen molar-refractivity contribution < 1.29 is 27.4 Å². The molecule has 3 aromatic rings. The van der Waals surface area contributed by atoms with Gasteiger partial charge in [-0.3, -0.25) is 9.69 Å². The van der Waals surface area contributed by atoms with E-state index in [0.717, 1.165) is 34.4 Å². The van der Waals surface area contributed by atoms with Crippen LogP contribution < -0.4 is 10.1 Å². The van der Waals surface area contributed by atoms with Gasteiger partial charge in [0.05, 0.1) is 25.3 Å². The molecule has 12 heteroatoms. The van der Waals surface area contributed by atoms with Gasteiger partial charge in [0.15, 0.2) is 0 Å². The van der Waals surface area contributed by atoms with Crippen molar-refractivity contribution in [3.63, 3.8) is 0 Å². The smallest absolute Gasteiger partial charge is 0.451 e. The first-order chi connectivity index (χ1) is 17.1. The zero-order valence-electron chi connectivity index (χ0n) is 20.0. The second-order valence-corrected chi connectivity index (χ2v) is 9.81. The van der Waals surface area contributed by atoms with Gasteiger partial charge in [0.2, 0.25) is 5.82 Å². The second kappa shape index (κ2) is 10.9. The van der Waals surface area contributed by atoms with E-state index in [1.54, 1.807) is 25.3 Å². The molecule has 0 bridgehead atoms. The predicted molar refractivity (Wildman–Crippen MR) is 128 cm³/mol. The summed E-state index contributed by atoms with van der Waals surface area (Å²) < 4.78 is 49.9. The molecule has 0 aliphatic carbocycles. The van der Waals surface area contributed by atoms with Gasteiger partial charge in [-0.2, -0.15) is 13.2 Å². The van der Waals surface area contributed by atoms with E-state index < -0.39 is 23.9 Å². The molecular formula is C24H26F3N5O3S. The number of aromatic nitrogens is 3. The topological polar surface area (TPSA) is 89.5 Å². The Labute approximate surface area is 210 Å². The zero-order chi connectivity index (χ0) is 25.9. The first-order valence-corrected chi connectivity index (χ1v) is 12.1. The van der Waals surface area contributed by atoms with Gasteiger partial charge in [0.1, 0.15) is 17.4 Å². The molecule has 0 saturated carbocycles. The van der Waals surface area contributed by atoms with Crippen LogP contribution in [0.5, 0.6) is 5.75 Å². The molecule has 3 heterocycles. The SMILES string of the molecule is Cc1cnc(-c2cc(OC[C@@H]3COCCN3C)cc(C(=O)NC(C)c3cnc(C(F)(F)F)nc3)c2)s1. The van der Waals surface area contributed by atoms with E-state index in [9.17, 15) is 18.0 Å². The van der Waals surface area contributed by atoms with Gasteiger partial charge in [-0.15, -0.1) is 11.3 Å². The van der Waals surface area contributed by atoms with Crippen molar-refractivity contribution in [3.8, 4) is 16.3 Å². The van der Waals surface area contributed by atoms with Crippen molar-refractivity contribution in [2.24, 2.45) is 0 Å². The van der Waals surface area contributed by atoms with Crippen molar-refractivity contribution in [2.75, 3.05) is 33.4 Å². The summed E-state index contributed by atoms with van der Waals surface area (Å²) >= 11 is 1.50. The summed E-state index contributed by atoms with van der Waals surface area (Å²) in [5.41, 5.74) is 1.41. The fraction of sp³-hybridized carbons (Fsp3) is 0.417. The third-order valence-corrected chi connectivity index (χ3v) is 6.74. The number of ether oxygens (including phenoxy) is 2. The number of alkyl halides is 3. The lowest BCUT2D eigenvalue weighted by Gasteiger charge is -2.32. The molecule has 1 saturated heterocycles. The van der Waals surface area contributed by atoms with Crippen LogP contribution >= 0.6 is 11.3 Å². The van der Waals surface area contributed by atoms with Crippen molar-refractivity contribution >= 4 is 17.2 Å². The number of amides is 1. The molecular weight excluding hydrogens is 495 g/mol. The third-order valence-electron chi connectivity index (χ3n) is 5.77. The van der Waals surface area contributed by atoms with Gasteiger partial charge in [-0.05, 0) is 39.1 Å². The summed E-state index contributed by atoms with van der Waals surface area (Å²) in [7, 11) is 2.01. The Kier molecular flexibility index (Phi) is 7.86. The number of thiazole rings is 1. The molecule has 1 fully saturated rings. The van der Waals surface area contributed by atoms with Crippen molar-refractivity contribution in [3.05, 3.63) is 58.6 Å². The number of benzene rings is 1. The van der Waals surface area contributed by atoms with Gasteiger partial charge < -0.3 is 14.8 Å². The highest BCUT2D eigenvalue weighted by Gasteiger charge is 2.34. The maximum atomic E-state index is 13.1. The van der Waals surface area contributed by atoms with Crippen LogP contribution in [0.15, 0.2) is 36.8 Å². The Bertz CT molecular complexity index is 1200. The summed E-state index contributed by atoms with van der Waals surface area (Å²) in [6, 6.07) is 4.65. The molecule has 0 radical (unpaired) electrons. The van der Waals surface area contributed by atoms with E-state index in [4.69, 9.17) is 9.47 Å². The van der Waals surface area contributed by atoms with Gasteiger partial charge in [0.25, 0.3) is 5.91 Å². The highest BCUT2D eigenvalue weighted by Crippen LogP contribution is 2.30. The molecule has 2 aromatic heterocycles. The summed E-state index contributed by atoms with van der Waals surface area (Å²) in [5, 5.41) is 3.54. The monoisotopic (exact) mass is 521 g/mol. The van der Waals surface area contributed by atoms with Gasteiger partial charge in [0, 0.05) is 46.7 Å². The van der Waals surface area contributed by atoms with E-state index in [-0.39, 0.29) is 6.04 Å². The maximum absolute atomic E-state index is 13.1. The number of carbonyl (C=O) groups is 1. The minimum Gasteiger partial charge on any atom is -0.492 e. The highest BCUT2D eigenvalue weighted by molar-refractivity contribution is 7.14. The number of aryl methyl sites for hydroxylation is 1. The normalized spacial score (nSPS) is 17.6. The molecule has 192 valence electrons. The van der Waals surface area contributed by atoms with E-state index >= 15 is 0 Å². The van der Waals surface area contributed by atoms with Crippen LogP contribution in [0.4, 0.5) is 13.2 Å². The number of carbonyl (C=O) groups excluding carboxylic acids is 1. The molecule has 2 atom stereocenters. The minimum atomic E-state index is -4.63. The van der Waals surface area contributed by atoms with Crippen LogP contribution in [-0.4, -0.2) is 65.2 Å². The van der Waals surface area contributed by atoms with Crippen molar-refractivity contribution in [1.29, 1.82) is 0 Å². The molecule has 4 rings (SSSR count). The molecule has 1 aromatic carbocycles. The number of rotatable bonds is 7. The Hall–Kier alpha value is -3.09. The van der Waals surface area contributed by atoms with Crippen molar-refractivity contribution in [1.82, 2.24) is 25.2 Å². The molecule has 1 unspecified atom stereocenters. The molecule has 36 heavy (non-hydrogen) atoms. The van der Waals surface area contributed by atoms with Crippen LogP contribution in [0.25, 0.3) is 10.6 Å². The van der Waals surface area contributed by atoms with E-state index in [0.29, 0.717) is 36.7 Å². The summed E-state index contributed by atoms with van der Waals surface area (Å²) in [5.74, 6) is -1.14. The Morgan fingerprint density at radius 3 is 2.64 bits per heavy atom. The third kappa shape index (κ3) is 6.37. The quantitative estimate of drug-likeness (QED) is 0.500. The summed E-state index contributed by atoms with van der Waals surface area (Å²) in [6.45, 7) is 6.03. The van der Waals surface area contributed by atoms with Crippen molar-refractivity contribution in [2.45, 2.75) is 32.1 Å². The molecule has 0 spiro atoms. The largest absolute Gasteiger partial charge is 0.492 e. The fourth-order valence-electron chi connectivity index (χ4n) is 3.60. The lowest BCUT2D eigenvalue weighted by molar-refractivity contribution is -0.145. The zero-order valence-corrected chi connectivity index (χ0v) is 20.8. The second-order valence-electron chi connectivity index (χ2n) is 8.58. The number of nitrogens with zero attached hydrogens (tertiary/aromatic N) is 4. The predicted octanol–water partition coefficient (Wildman–Crippen LogP) is 4.13. The number of halogens is 3. The lowest BCUT2D eigenvalue weighted by atomic mass is 10.1. The fourth-order valence-corrected chi connectivity index (χ4v) is 4.35. The number of morpholine rings is 1. The van der Waals surface area contributed by atoms with E-state index in [2.05, 4.69) is 25.2 Å². The molecule has 1 N–H and O–H groups in total. The molecule has 1 aliphatic heterocycles. The van der Waals surface area contributed by atoms with E-state index in [1.165, 1.54) is 11.3 Å². The minimum absolute atomic E-state index is 0.0847. The average molecular weight is 522 g/mol. The molecule has 1 aliphatic rings. The summed E-state index contributed by atoms with van der Waals surface area (Å²) in [4.78, 5) is 27.5. The maximum Gasteiger partial charge on any atom is 0.451 e. The van der Waals surface area contributed by atoms with Crippen LogP contribution in [0.3, 0.4) is 0 Å². The number of hydrogen-bond donors (Lipinski definition) is 1. The number of hydrogen-bond acceptors (Lipinski definition) is 8.